The quantitative estimate of drug-likeness (QED) is 0.358. The molecule has 1 fully saturated rings. The molecule has 4 heterocycles. The third kappa shape index (κ3) is 5.78. The molecule has 1 aliphatic rings. The van der Waals surface area contributed by atoms with Crippen LogP contribution in [0, 0.1) is 0 Å². The van der Waals surface area contributed by atoms with Gasteiger partial charge < -0.3 is 19.4 Å². The van der Waals surface area contributed by atoms with E-state index in [0.717, 1.165) is 41.8 Å². The van der Waals surface area contributed by atoms with Gasteiger partial charge in [0, 0.05) is 50.2 Å². The van der Waals surface area contributed by atoms with Gasteiger partial charge in [0.25, 0.3) is 0 Å². The number of hydrazine groups is 1. The summed E-state index contributed by atoms with van der Waals surface area (Å²) in [5.41, 5.74) is 2.70. The van der Waals surface area contributed by atoms with Crippen molar-refractivity contribution in [2.24, 2.45) is 0 Å². The van der Waals surface area contributed by atoms with Crippen LogP contribution in [0.4, 0.5) is 16.4 Å². The Hall–Kier alpha value is -4.02. The number of benzene rings is 1. The summed E-state index contributed by atoms with van der Waals surface area (Å²) in [6.07, 6.45) is 7.72. The van der Waals surface area contributed by atoms with Crippen molar-refractivity contribution in [1.29, 1.82) is 0 Å². The number of aryl methyl sites for hydroxylation is 1. The molecular formula is C26H29N7O3. The van der Waals surface area contributed by atoms with Gasteiger partial charge in [0.1, 0.15) is 12.3 Å². The van der Waals surface area contributed by atoms with Crippen molar-refractivity contribution in [3.8, 4) is 0 Å². The van der Waals surface area contributed by atoms with Crippen molar-refractivity contribution in [1.82, 2.24) is 29.8 Å². The number of rotatable bonds is 9. The highest BCUT2D eigenvalue weighted by atomic mass is 16.5. The van der Waals surface area contributed by atoms with Gasteiger partial charge in [-0.25, -0.2) is 19.8 Å². The van der Waals surface area contributed by atoms with Gasteiger partial charge in [0.15, 0.2) is 0 Å². The van der Waals surface area contributed by atoms with Crippen molar-refractivity contribution in [3.63, 3.8) is 0 Å². The van der Waals surface area contributed by atoms with Crippen LogP contribution in [0.2, 0.25) is 0 Å². The Bertz CT molecular complexity index is 1260. The zero-order valence-electron chi connectivity index (χ0n) is 20.0. The fourth-order valence-electron chi connectivity index (χ4n) is 4.10. The Morgan fingerprint density at radius 3 is 2.75 bits per heavy atom. The molecule has 3 aromatic heterocycles. The lowest BCUT2D eigenvalue weighted by Gasteiger charge is -2.36. The fraction of sp³-hybridized carbons (Fsp3) is 0.308. The fourth-order valence-corrected chi connectivity index (χ4v) is 4.10. The maximum Gasteiger partial charge on any atom is 0.407 e. The molecule has 0 bridgehead atoms. The number of carbonyl (C=O) groups is 1. The topological polar surface area (TPSA) is 97.6 Å². The minimum absolute atomic E-state index is 0.255. The van der Waals surface area contributed by atoms with Gasteiger partial charge in [-0.15, -0.1) is 0 Å². The molecule has 1 aliphatic heterocycles. The van der Waals surface area contributed by atoms with Gasteiger partial charge in [-0.3, -0.25) is 4.98 Å². The number of anilines is 2. The standard InChI is InChI=1S/C26H29N7O3/c34-26(36-20-21-6-2-1-3-7-21)28-11-5-12-31-13-9-22-18-29-25(30-24(22)31)33(23-8-4-10-27-19-23)32-14-16-35-17-15-32/h1-4,6-10,13,18-19H,5,11-12,14-17,20H2,(H,28,34). The molecule has 1 amide bonds. The molecule has 1 saturated heterocycles. The van der Waals surface area contributed by atoms with Gasteiger partial charge in [-0.05, 0) is 30.2 Å². The Morgan fingerprint density at radius 1 is 1.08 bits per heavy atom. The lowest BCUT2D eigenvalue weighted by Crippen LogP contribution is -2.47. The molecule has 4 aromatic rings. The maximum absolute atomic E-state index is 12.0. The highest BCUT2D eigenvalue weighted by Gasteiger charge is 2.24. The molecule has 10 heteroatoms. The molecule has 0 atom stereocenters. The second-order valence-electron chi connectivity index (χ2n) is 8.39. The van der Waals surface area contributed by atoms with Crippen LogP contribution in [0.3, 0.4) is 0 Å². The molecule has 36 heavy (non-hydrogen) atoms. The summed E-state index contributed by atoms with van der Waals surface area (Å²) in [7, 11) is 0. The highest BCUT2D eigenvalue weighted by Crippen LogP contribution is 2.26. The monoisotopic (exact) mass is 487 g/mol. The van der Waals surface area contributed by atoms with E-state index >= 15 is 0 Å². The zero-order valence-corrected chi connectivity index (χ0v) is 20.0. The van der Waals surface area contributed by atoms with E-state index in [1.54, 1.807) is 6.20 Å². The summed E-state index contributed by atoms with van der Waals surface area (Å²) in [5, 5.41) is 7.97. The van der Waals surface area contributed by atoms with E-state index in [9.17, 15) is 4.79 Å². The first kappa shape index (κ1) is 23.7. The highest BCUT2D eigenvalue weighted by molar-refractivity contribution is 5.77. The molecule has 0 unspecified atom stereocenters. The lowest BCUT2D eigenvalue weighted by atomic mass is 10.2. The van der Waals surface area contributed by atoms with E-state index in [1.807, 2.05) is 72.1 Å². The molecule has 0 spiro atoms. The summed E-state index contributed by atoms with van der Waals surface area (Å²) < 4.78 is 12.9. The number of fused-ring (bicyclic) bond motifs is 1. The first-order chi connectivity index (χ1) is 17.8. The predicted molar refractivity (Wildman–Crippen MR) is 136 cm³/mol. The minimum atomic E-state index is -0.418. The lowest BCUT2D eigenvalue weighted by molar-refractivity contribution is 0.0371. The van der Waals surface area contributed by atoms with Crippen molar-refractivity contribution in [2.45, 2.75) is 19.6 Å². The van der Waals surface area contributed by atoms with E-state index in [0.29, 0.717) is 32.3 Å². The van der Waals surface area contributed by atoms with Crippen LogP contribution in [0.5, 0.6) is 0 Å². The summed E-state index contributed by atoms with van der Waals surface area (Å²) in [4.78, 5) is 25.9. The second kappa shape index (κ2) is 11.6. The van der Waals surface area contributed by atoms with E-state index in [2.05, 4.69) is 24.9 Å². The van der Waals surface area contributed by atoms with Crippen molar-refractivity contribution >= 4 is 28.8 Å². The number of nitrogens with zero attached hydrogens (tertiary/aromatic N) is 6. The van der Waals surface area contributed by atoms with Crippen LogP contribution in [0.25, 0.3) is 11.0 Å². The third-order valence-electron chi connectivity index (χ3n) is 5.90. The van der Waals surface area contributed by atoms with Gasteiger partial charge in [-0.2, -0.15) is 4.98 Å². The van der Waals surface area contributed by atoms with Crippen LogP contribution in [0.15, 0.2) is 73.3 Å². The molecule has 1 aromatic carbocycles. The number of amides is 1. The summed E-state index contributed by atoms with van der Waals surface area (Å²) in [6, 6.07) is 15.5. The number of hydrogen-bond acceptors (Lipinski definition) is 8. The van der Waals surface area contributed by atoms with Crippen molar-refractivity contribution in [3.05, 3.63) is 78.9 Å². The van der Waals surface area contributed by atoms with E-state index in [-0.39, 0.29) is 6.61 Å². The zero-order chi connectivity index (χ0) is 24.6. The van der Waals surface area contributed by atoms with Gasteiger partial charge in [0.05, 0.1) is 25.1 Å². The van der Waals surface area contributed by atoms with Crippen LogP contribution < -0.4 is 10.3 Å². The summed E-state index contributed by atoms with van der Waals surface area (Å²) >= 11 is 0. The number of pyridine rings is 1. The van der Waals surface area contributed by atoms with Crippen molar-refractivity contribution in [2.75, 3.05) is 37.9 Å². The first-order valence-corrected chi connectivity index (χ1v) is 12.1. The molecule has 1 N–H and O–H groups in total. The number of aromatic nitrogens is 4. The number of hydrogen-bond donors (Lipinski definition) is 1. The van der Waals surface area contributed by atoms with E-state index < -0.39 is 6.09 Å². The molecule has 186 valence electrons. The SMILES string of the molecule is O=C(NCCCn1ccc2cnc(N(c3cccnc3)N3CCOCC3)nc21)OCc1ccccc1. The summed E-state index contributed by atoms with van der Waals surface area (Å²) in [5.74, 6) is 0.583. The van der Waals surface area contributed by atoms with Crippen LogP contribution in [-0.4, -0.2) is 63.5 Å². The average molecular weight is 488 g/mol. The minimum Gasteiger partial charge on any atom is -0.445 e. The van der Waals surface area contributed by atoms with E-state index in [1.165, 1.54) is 0 Å². The van der Waals surface area contributed by atoms with Gasteiger partial charge >= 0.3 is 6.09 Å². The van der Waals surface area contributed by atoms with Crippen LogP contribution in [0.1, 0.15) is 12.0 Å². The number of carbonyl (C=O) groups excluding carboxylic acids is 1. The Kier molecular flexibility index (Phi) is 7.64. The second-order valence-corrected chi connectivity index (χ2v) is 8.39. The number of ether oxygens (including phenoxy) is 2. The number of morpholine rings is 1. The molecular weight excluding hydrogens is 458 g/mol. The normalized spacial score (nSPS) is 14.0. The molecule has 0 aliphatic carbocycles. The average Bonchev–Trinajstić information content (AvgIpc) is 3.34. The van der Waals surface area contributed by atoms with E-state index in [4.69, 9.17) is 14.5 Å². The first-order valence-electron chi connectivity index (χ1n) is 12.1. The van der Waals surface area contributed by atoms with Crippen molar-refractivity contribution < 1.29 is 14.3 Å². The summed E-state index contributed by atoms with van der Waals surface area (Å²) in [6.45, 7) is 4.23. The molecule has 5 rings (SSSR count). The third-order valence-corrected chi connectivity index (χ3v) is 5.90. The maximum atomic E-state index is 12.0. The van der Waals surface area contributed by atoms with Gasteiger partial charge in [0.2, 0.25) is 5.95 Å². The Morgan fingerprint density at radius 2 is 1.94 bits per heavy atom. The molecule has 0 saturated carbocycles. The smallest absolute Gasteiger partial charge is 0.407 e. The molecule has 10 nitrogen and oxygen atoms in total. The number of nitrogens with one attached hydrogen (secondary N) is 1. The van der Waals surface area contributed by atoms with Gasteiger partial charge in [-0.1, -0.05) is 30.3 Å². The Labute approximate surface area is 209 Å². The largest absolute Gasteiger partial charge is 0.445 e. The molecule has 0 radical (unpaired) electrons. The van der Waals surface area contributed by atoms with Crippen LogP contribution in [-0.2, 0) is 22.6 Å². The predicted octanol–water partition coefficient (Wildman–Crippen LogP) is 3.53. The number of alkyl carbamates (subject to hydrolysis) is 1. The Balaban J connectivity index is 1.23. The van der Waals surface area contributed by atoms with Crippen LogP contribution >= 0.6 is 0 Å².